The molecule has 1 unspecified atom stereocenters. The lowest BCUT2D eigenvalue weighted by Gasteiger charge is -2.23. The van der Waals surface area contributed by atoms with Gasteiger partial charge in [-0.05, 0) is 77.9 Å². The second-order valence-electron chi connectivity index (χ2n) is 12.4. The van der Waals surface area contributed by atoms with Crippen molar-refractivity contribution in [1.29, 1.82) is 0 Å². The molecule has 19 heteroatoms. The van der Waals surface area contributed by atoms with Crippen molar-refractivity contribution in [2.24, 2.45) is 5.10 Å². The lowest BCUT2D eigenvalue weighted by molar-refractivity contribution is -0.393. The van der Waals surface area contributed by atoms with E-state index in [4.69, 9.17) is 14.6 Å². The van der Waals surface area contributed by atoms with Gasteiger partial charge in [-0.1, -0.05) is 24.3 Å². The van der Waals surface area contributed by atoms with Gasteiger partial charge < -0.3 is 25.4 Å². The van der Waals surface area contributed by atoms with Crippen LogP contribution in [0.25, 0.3) is 0 Å². The van der Waals surface area contributed by atoms with E-state index in [9.17, 15) is 30.3 Å². The Hall–Kier alpha value is -8.22. The number of aromatic nitrogens is 3. The zero-order chi connectivity index (χ0) is 40.1. The molecule has 7 rings (SSSR count). The predicted octanol–water partition coefficient (Wildman–Crippen LogP) is 8.20. The lowest BCUT2D eigenvalue weighted by Crippen LogP contribution is -2.19. The quantitative estimate of drug-likeness (QED) is 0.0699. The van der Waals surface area contributed by atoms with Crippen molar-refractivity contribution < 1.29 is 24.2 Å². The summed E-state index contributed by atoms with van der Waals surface area (Å²) >= 11 is 0. The van der Waals surface area contributed by atoms with Crippen molar-refractivity contribution in [3.05, 3.63) is 157 Å². The van der Waals surface area contributed by atoms with Crippen LogP contribution in [0.1, 0.15) is 23.6 Å². The molecule has 1 atom stereocenters. The predicted molar refractivity (Wildman–Crippen MR) is 211 cm³/mol. The van der Waals surface area contributed by atoms with Gasteiger partial charge in [-0.3, -0.25) is 35.4 Å². The second kappa shape index (κ2) is 16.0. The number of anilines is 7. The minimum atomic E-state index is -0.726. The zero-order valence-electron chi connectivity index (χ0n) is 30.1. The molecule has 0 fully saturated rings. The number of nitrogens with one attached hydrogen (secondary N) is 3. The summed E-state index contributed by atoms with van der Waals surface area (Å²) in [7, 11) is 3.16. The van der Waals surface area contributed by atoms with Gasteiger partial charge in [0.15, 0.2) is 0 Å². The third-order valence-corrected chi connectivity index (χ3v) is 8.79. The summed E-state index contributed by atoms with van der Waals surface area (Å²) in [4.78, 5) is 46.9. The maximum absolute atomic E-state index is 12.1. The number of nitrogens with zero attached hydrogens (tertiary/aromatic N) is 8. The van der Waals surface area contributed by atoms with E-state index >= 15 is 0 Å². The standard InChI is InChI=1S/C38H31N11O8/c1-56-30-15-10-26(11-16-30)40-37-42-36(43-38(44-37)41-27-12-17-31(57-2)18-13-27)39-25-8-6-23(7-9-25)32-22-34(24-4-3-5-28(20-24)47(50)51)46(45-32)33-19-14-29(48(52)53)21-35(33)49(54)55/h3-21,34H,22H2,1-2H3,(H3,39,40,41,42,43,44). The maximum Gasteiger partial charge on any atom is 0.301 e. The first-order valence-corrected chi connectivity index (χ1v) is 17.1. The van der Waals surface area contributed by atoms with E-state index in [0.29, 0.717) is 45.4 Å². The number of benzene rings is 5. The molecule has 2 heterocycles. The molecule has 0 amide bonds. The van der Waals surface area contributed by atoms with Crippen LogP contribution >= 0.6 is 0 Å². The molecule has 5 aromatic carbocycles. The van der Waals surface area contributed by atoms with E-state index in [1.54, 1.807) is 68.8 Å². The summed E-state index contributed by atoms with van der Waals surface area (Å²) in [6.07, 6.45) is 0.205. The summed E-state index contributed by atoms with van der Waals surface area (Å²) in [6, 6.07) is 30.1. The van der Waals surface area contributed by atoms with E-state index in [1.165, 1.54) is 29.3 Å². The average Bonchev–Trinajstić information content (AvgIpc) is 3.67. The van der Waals surface area contributed by atoms with E-state index in [1.807, 2.05) is 24.3 Å². The Labute approximate surface area is 323 Å². The summed E-state index contributed by atoms with van der Waals surface area (Å²) in [5.41, 5.74) is 2.49. The molecule has 57 heavy (non-hydrogen) atoms. The Balaban J connectivity index is 1.19. The van der Waals surface area contributed by atoms with Crippen LogP contribution < -0.4 is 30.4 Å². The molecule has 286 valence electrons. The SMILES string of the molecule is COc1ccc(Nc2nc(Nc3ccc(OC)cc3)nc(Nc3ccc(C4=NN(c5ccc([N+](=O)[O-])cc5[N+](=O)[O-])C(c5cccc([N+](=O)[O-])c5)C4)cc3)n2)cc1. The summed E-state index contributed by atoms with van der Waals surface area (Å²) in [5.74, 6) is 2.08. The molecule has 0 saturated heterocycles. The molecular weight excluding hydrogens is 738 g/mol. The van der Waals surface area contributed by atoms with Crippen LogP contribution in [0.4, 0.5) is 57.7 Å². The van der Waals surface area contributed by atoms with Gasteiger partial charge in [0.05, 0.1) is 46.8 Å². The molecular formula is C38H31N11O8. The molecule has 0 saturated carbocycles. The number of methoxy groups -OCH3 is 2. The molecule has 1 aromatic heterocycles. The van der Waals surface area contributed by atoms with Crippen molar-refractivity contribution in [2.75, 3.05) is 35.2 Å². The van der Waals surface area contributed by atoms with Crippen LogP contribution in [-0.2, 0) is 0 Å². The largest absolute Gasteiger partial charge is 0.497 e. The van der Waals surface area contributed by atoms with Crippen LogP contribution in [0.15, 0.2) is 120 Å². The first-order chi connectivity index (χ1) is 27.6. The lowest BCUT2D eigenvalue weighted by atomic mass is 9.97. The summed E-state index contributed by atoms with van der Waals surface area (Å²) in [6.45, 7) is 0. The summed E-state index contributed by atoms with van der Waals surface area (Å²) in [5, 5.41) is 50.9. The Kier molecular flexibility index (Phi) is 10.4. The number of non-ortho nitro benzene ring substituents is 2. The number of rotatable bonds is 14. The fraction of sp³-hybridized carbons (Fsp3) is 0.105. The molecule has 19 nitrogen and oxygen atoms in total. The number of hydrogen-bond donors (Lipinski definition) is 3. The minimum Gasteiger partial charge on any atom is -0.497 e. The maximum atomic E-state index is 12.1. The van der Waals surface area contributed by atoms with Crippen LogP contribution in [0, 0.1) is 30.3 Å². The van der Waals surface area contributed by atoms with Gasteiger partial charge in [0.25, 0.3) is 11.4 Å². The Morgan fingerprint density at radius 2 is 1.11 bits per heavy atom. The molecule has 0 radical (unpaired) electrons. The van der Waals surface area contributed by atoms with E-state index in [-0.39, 0.29) is 35.6 Å². The Bertz CT molecular complexity index is 2430. The molecule has 0 bridgehead atoms. The fourth-order valence-electron chi connectivity index (χ4n) is 6.00. The highest BCUT2D eigenvalue weighted by molar-refractivity contribution is 6.03. The first kappa shape index (κ1) is 37.1. The minimum absolute atomic E-state index is 0.0108. The van der Waals surface area contributed by atoms with Gasteiger partial charge in [-0.15, -0.1) is 0 Å². The normalized spacial score (nSPS) is 13.3. The first-order valence-electron chi connectivity index (χ1n) is 17.1. The number of hydrazone groups is 1. The van der Waals surface area contributed by atoms with Crippen LogP contribution in [0.3, 0.4) is 0 Å². The van der Waals surface area contributed by atoms with Crippen LogP contribution in [0.2, 0.25) is 0 Å². The third-order valence-electron chi connectivity index (χ3n) is 8.79. The highest BCUT2D eigenvalue weighted by Gasteiger charge is 2.35. The van der Waals surface area contributed by atoms with Gasteiger partial charge in [-0.2, -0.15) is 20.1 Å². The molecule has 1 aliphatic rings. The molecule has 0 spiro atoms. The Morgan fingerprint density at radius 1 is 0.614 bits per heavy atom. The van der Waals surface area contributed by atoms with Gasteiger partial charge in [0.1, 0.15) is 17.2 Å². The molecule has 3 N–H and O–H groups in total. The Morgan fingerprint density at radius 3 is 1.58 bits per heavy atom. The van der Waals surface area contributed by atoms with E-state index in [0.717, 1.165) is 12.1 Å². The number of nitro groups is 3. The van der Waals surface area contributed by atoms with Crippen molar-refractivity contribution >= 4 is 63.4 Å². The number of nitro benzene ring substituents is 3. The van der Waals surface area contributed by atoms with Crippen LogP contribution in [0.5, 0.6) is 11.5 Å². The fourth-order valence-corrected chi connectivity index (χ4v) is 6.00. The number of ether oxygens (including phenoxy) is 2. The zero-order valence-corrected chi connectivity index (χ0v) is 30.1. The highest BCUT2D eigenvalue weighted by atomic mass is 16.6. The van der Waals surface area contributed by atoms with Crippen molar-refractivity contribution in [3.63, 3.8) is 0 Å². The summed E-state index contributed by atoms with van der Waals surface area (Å²) < 4.78 is 10.5. The molecule has 0 aliphatic carbocycles. The van der Waals surface area contributed by atoms with E-state index < -0.39 is 32.2 Å². The number of hydrogen-bond acceptors (Lipinski definition) is 16. The molecule has 6 aromatic rings. The van der Waals surface area contributed by atoms with Crippen molar-refractivity contribution in [1.82, 2.24) is 15.0 Å². The second-order valence-corrected chi connectivity index (χ2v) is 12.4. The molecule has 1 aliphatic heterocycles. The third kappa shape index (κ3) is 8.46. The van der Waals surface area contributed by atoms with Gasteiger partial charge >= 0.3 is 5.69 Å². The van der Waals surface area contributed by atoms with Crippen molar-refractivity contribution in [2.45, 2.75) is 12.5 Å². The van der Waals surface area contributed by atoms with Gasteiger partial charge in [-0.25, -0.2) is 0 Å². The monoisotopic (exact) mass is 769 g/mol. The van der Waals surface area contributed by atoms with Gasteiger partial charge in [0.2, 0.25) is 17.8 Å². The smallest absolute Gasteiger partial charge is 0.301 e. The van der Waals surface area contributed by atoms with Gasteiger partial charge in [0, 0.05) is 41.7 Å². The van der Waals surface area contributed by atoms with Crippen molar-refractivity contribution in [3.8, 4) is 11.5 Å². The average molecular weight is 770 g/mol. The highest BCUT2D eigenvalue weighted by Crippen LogP contribution is 2.42. The topological polar surface area (TPSA) is 238 Å². The van der Waals surface area contributed by atoms with Crippen LogP contribution in [-0.4, -0.2) is 49.7 Å². The van der Waals surface area contributed by atoms with E-state index in [2.05, 4.69) is 30.9 Å².